The third-order valence-electron chi connectivity index (χ3n) is 4.46. The van der Waals surface area contributed by atoms with Crippen LogP contribution in [0, 0.1) is 13.8 Å². The molecular formula is C18H24N8O2. The van der Waals surface area contributed by atoms with Gasteiger partial charge < -0.3 is 10.6 Å². The fourth-order valence-electron chi connectivity index (χ4n) is 3.05. The quantitative estimate of drug-likeness (QED) is 0.638. The van der Waals surface area contributed by atoms with E-state index in [1.54, 1.807) is 16.4 Å². The van der Waals surface area contributed by atoms with Crippen molar-refractivity contribution >= 4 is 11.8 Å². The minimum atomic E-state index is -0.375. The van der Waals surface area contributed by atoms with Gasteiger partial charge in [0.2, 0.25) is 0 Å². The molecule has 3 aromatic rings. The number of amides is 2. The van der Waals surface area contributed by atoms with Gasteiger partial charge >= 0.3 is 0 Å². The summed E-state index contributed by atoms with van der Waals surface area (Å²) in [4.78, 5) is 25.3. The topological polar surface area (TPSA) is 112 Å². The minimum Gasteiger partial charge on any atom is -0.346 e. The molecule has 0 aliphatic rings. The smallest absolute Gasteiger partial charge is 0.270 e. The van der Waals surface area contributed by atoms with E-state index in [1.807, 2.05) is 40.1 Å². The molecule has 0 radical (unpaired) electrons. The van der Waals surface area contributed by atoms with E-state index in [9.17, 15) is 9.59 Å². The molecule has 2 N–H and O–H groups in total. The van der Waals surface area contributed by atoms with Crippen LogP contribution in [0.4, 0.5) is 0 Å². The van der Waals surface area contributed by atoms with Crippen molar-refractivity contribution in [1.82, 2.24) is 40.0 Å². The van der Waals surface area contributed by atoms with Crippen LogP contribution in [0.5, 0.6) is 0 Å². The van der Waals surface area contributed by atoms with Crippen molar-refractivity contribution in [3.63, 3.8) is 0 Å². The predicted octanol–water partition coefficient (Wildman–Crippen LogP) is 0.364. The lowest BCUT2D eigenvalue weighted by molar-refractivity contribution is 0.0910. The number of rotatable bonds is 6. The summed E-state index contributed by atoms with van der Waals surface area (Å²) in [6.45, 7) is 4.38. The molecule has 0 aliphatic carbocycles. The number of nitrogens with one attached hydrogen (secondary N) is 2. The van der Waals surface area contributed by atoms with E-state index < -0.39 is 0 Å². The molecule has 3 aromatic heterocycles. The minimum absolute atomic E-state index is 0.206. The second-order valence-electron chi connectivity index (χ2n) is 6.70. The molecule has 0 spiro atoms. The molecule has 0 aromatic carbocycles. The third-order valence-corrected chi connectivity index (χ3v) is 4.46. The molecule has 3 rings (SSSR count). The zero-order chi connectivity index (χ0) is 20.4. The number of carbonyl (C=O) groups is 2. The van der Waals surface area contributed by atoms with E-state index >= 15 is 0 Å². The van der Waals surface area contributed by atoms with Crippen molar-refractivity contribution in [3.8, 4) is 0 Å². The summed E-state index contributed by atoms with van der Waals surface area (Å²) >= 11 is 0. The molecule has 0 bridgehead atoms. The molecule has 0 saturated heterocycles. The molecule has 10 nitrogen and oxygen atoms in total. The number of carbonyl (C=O) groups excluding carboxylic acids is 2. The lowest BCUT2D eigenvalue weighted by atomic mass is 10.2. The Hall–Kier alpha value is -3.43. The largest absolute Gasteiger partial charge is 0.346 e. The summed E-state index contributed by atoms with van der Waals surface area (Å²) in [7, 11) is 5.26. The number of hydrogen-bond donors (Lipinski definition) is 2. The average Bonchev–Trinajstić information content (AvgIpc) is 3.27. The normalized spacial score (nSPS) is 10.9. The van der Waals surface area contributed by atoms with Gasteiger partial charge in [0.25, 0.3) is 11.8 Å². The predicted molar refractivity (Wildman–Crippen MR) is 101 cm³/mol. The van der Waals surface area contributed by atoms with E-state index in [1.165, 1.54) is 10.9 Å². The second-order valence-corrected chi connectivity index (χ2v) is 6.70. The molecule has 0 saturated carbocycles. The van der Waals surface area contributed by atoms with Gasteiger partial charge in [0.05, 0.1) is 47.6 Å². The highest BCUT2D eigenvalue weighted by Crippen LogP contribution is 2.10. The monoisotopic (exact) mass is 384 g/mol. The number of aryl methyl sites for hydroxylation is 5. The average molecular weight is 384 g/mol. The van der Waals surface area contributed by atoms with Crippen LogP contribution >= 0.6 is 0 Å². The Labute approximate surface area is 162 Å². The SMILES string of the molecule is Cc1cc(CNC(=O)c2cnn(C)c2C(=O)NCc2cc(C)nn2C)n(C)n1. The standard InChI is InChI=1S/C18H24N8O2/c1-11-6-13(24(3)22-11)8-19-17(27)15-10-21-26(5)16(15)18(28)20-9-14-7-12(2)23-25(14)4/h6-7,10H,8-9H2,1-5H3,(H,19,27)(H,20,28). The zero-order valence-electron chi connectivity index (χ0n) is 16.6. The van der Waals surface area contributed by atoms with Crippen molar-refractivity contribution < 1.29 is 9.59 Å². The van der Waals surface area contributed by atoms with Crippen molar-refractivity contribution in [2.45, 2.75) is 26.9 Å². The van der Waals surface area contributed by atoms with Gasteiger partial charge in [-0.2, -0.15) is 15.3 Å². The molecule has 148 valence electrons. The number of hydrogen-bond acceptors (Lipinski definition) is 5. The zero-order valence-corrected chi connectivity index (χ0v) is 16.6. The van der Waals surface area contributed by atoms with E-state index in [4.69, 9.17) is 0 Å². The van der Waals surface area contributed by atoms with Crippen molar-refractivity contribution in [2.24, 2.45) is 21.1 Å². The van der Waals surface area contributed by atoms with Crippen molar-refractivity contribution in [1.29, 1.82) is 0 Å². The van der Waals surface area contributed by atoms with Crippen LogP contribution in [-0.2, 0) is 34.2 Å². The summed E-state index contributed by atoms with van der Waals surface area (Å²) in [5.74, 6) is -0.742. The van der Waals surface area contributed by atoms with Gasteiger partial charge in [-0.25, -0.2) is 0 Å². The summed E-state index contributed by atoms with van der Waals surface area (Å²) in [6, 6.07) is 3.79. The van der Waals surface area contributed by atoms with Crippen molar-refractivity contribution in [3.05, 3.63) is 52.4 Å². The van der Waals surface area contributed by atoms with Crippen LogP contribution in [0.2, 0.25) is 0 Å². The first kappa shape index (κ1) is 19.3. The molecule has 0 atom stereocenters. The molecule has 3 heterocycles. The highest BCUT2D eigenvalue weighted by Gasteiger charge is 2.22. The van der Waals surface area contributed by atoms with Crippen molar-refractivity contribution in [2.75, 3.05) is 0 Å². The van der Waals surface area contributed by atoms with E-state index in [-0.39, 0.29) is 23.1 Å². The summed E-state index contributed by atoms with van der Waals surface area (Å²) in [5, 5.41) is 18.2. The van der Waals surface area contributed by atoms with Crippen LogP contribution in [0.1, 0.15) is 43.6 Å². The Kier molecular flexibility index (Phi) is 5.30. The fourth-order valence-corrected chi connectivity index (χ4v) is 3.05. The van der Waals surface area contributed by atoms with Gasteiger partial charge in [0.1, 0.15) is 5.69 Å². The van der Waals surface area contributed by atoms with Gasteiger partial charge in [0.15, 0.2) is 0 Å². The summed E-state index contributed by atoms with van der Waals surface area (Å²) < 4.78 is 4.82. The third kappa shape index (κ3) is 3.95. The first-order valence-corrected chi connectivity index (χ1v) is 8.83. The molecule has 0 fully saturated rings. The highest BCUT2D eigenvalue weighted by molar-refractivity contribution is 6.06. The fraction of sp³-hybridized carbons (Fsp3) is 0.389. The molecule has 2 amide bonds. The van der Waals surface area contributed by atoms with Gasteiger partial charge in [-0.3, -0.25) is 23.6 Å². The van der Waals surface area contributed by atoms with Crippen LogP contribution in [0.25, 0.3) is 0 Å². The van der Waals surface area contributed by atoms with Gasteiger partial charge in [-0.05, 0) is 26.0 Å². The Morgan fingerprint density at radius 1 is 0.857 bits per heavy atom. The van der Waals surface area contributed by atoms with Crippen LogP contribution < -0.4 is 10.6 Å². The van der Waals surface area contributed by atoms with Crippen LogP contribution in [0.15, 0.2) is 18.3 Å². The second kappa shape index (κ2) is 7.67. The maximum absolute atomic E-state index is 12.7. The van der Waals surface area contributed by atoms with Gasteiger partial charge in [0, 0.05) is 21.1 Å². The lowest BCUT2D eigenvalue weighted by Gasteiger charge is -2.09. The van der Waals surface area contributed by atoms with Crippen LogP contribution in [0.3, 0.4) is 0 Å². The Balaban J connectivity index is 1.69. The number of aromatic nitrogens is 6. The molecule has 0 unspecified atom stereocenters. The van der Waals surface area contributed by atoms with Crippen LogP contribution in [-0.4, -0.2) is 41.2 Å². The maximum atomic E-state index is 12.7. The van der Waals surface area contributed by atoms with Gasteiger partial charge in [-0.1, -0.05) is 0 Å². The number of nitrogens with zero attached hydrogens (tertiary/aromatic N) is 6. The first-order valence-electron chi connectivity index (χ1n) is 8.83. The summed E-state index contributed by atoms with van der Waals surface area (Å²) in [5.41, 5.74) is 3.91. The lowest BCUT2D eigenvalue weighted by Crippen LogP contribution is -2.30. The maximum Gasteiger partial charge on any atom is 0.270 e. The molecule has 28 heavy (non-hydrogen) atoms. The van der Waals surface area contributed by atoms with Gasteiger partial charge in [-0.15, -0.1) is 0 Å². The molecule has 10 heteroatoms. The highest BCUT2D eigenvalue weighted by atomic mass is 16.2. The Morgan fingerprint density at radius 3 is 1.82 bits per heavy atom. The van der Waals surface area contributed by atoms with E-state index in [2.05, 4.69) is 25.9 Å². The van der Waals surface area contributed by atoms with E-state index in [0.717, 1.165) is 22.8 Å². The first-order chi connectivity index (χ1) is 13.3. The Morgan fingerprint density at radius 2 is 1.36 bits per heavy atom. The molecular weight excluding hydrogens is 360 g/mol. The summed E-state index contributed by atoms with van der Waals surface area (Å²) in [6.07, 6.45) is 1.40. The Bertz CT molecular complexity index is 1030. The molecule has 0 aliphatic heterocycles. The van der Waals surface area contributed by atoms with E-state index in [0.29, 0.717) is 13.1 Å².